The molecule has 0 saturated carbocycles. The van der Waals surface area contributed by atoms with E-state index >= 15 is 0 Å². The van der Waals surface area contributed by atoms with Gasteiger partial charge in [-0.25, -0.2) is 5.43 Å². The SMILES string of the molecule is Cc1ccc(NCC(=O)N/N=C/c2ccc([N+](=O)[O-])cc2)cc1C. The minimum atomic E-state index is -0.471. The highest BCUT2D eigenvalue weighted by Gasteiger charge is 2.03. The Morgan fingerprint density at radius 3 is 2.50 bits per heavy atom. The number of nitrogens with zero attached hydrogens (tertiary/aromatic N) is 2. The van der Waals surface area contributed by atoms with Gasteiger partial charge in [-0.3, -0.25) is 14.9 Å². The number of hydrazone groups is 1. The number of nitro benzene ring substituents is 1. The van der Waals surface area contributed by atoms with Gasteiger partial charge in [-0.1, -0.05) is 6.07 Å². The highest BCUT2D eigenvalue weighted by molar-refractivity contribution is 5.84. The first-order valence-electron chi connectivity index (χ1n) is 7.33. The average molecular weight is 326 g/mol. The first-order chi connectivity index (χ1) is 11.5. The molecule has 0 spiro atoms. The van der Waals surface area contributed by atoms with Crippen molar-refractivity contribution in [2.24, 2.45) is 5.10 Å². The van der Waals surface area contributed by atoms with E-state index < -0.39 is 4.92 Å². The second-order valence-corrected chi connectivity index (χ2v) is 5.29. The molecule has 0 aliphatic carbocycles. The smallest absolute Gasteiger partial charge is 0.269 e. The van der Waals surface area contributed by atoms with Crippen molar-refractivity contribution in [3.8, 4) is 0 Å². The normalized spacial score (nSPS) is 10.6. The number of carbonyl (C=O) groups is 1. The maximum Gasteiger partial charge on any atom is 0.269 e. The number of hydrogen-bond acceptors (Lipinski definition) is 5. The van der Waals surface area contributed by atoms with Crippen LogP contribution in [0.4, 0.5) is 11.4 Å². The number of non-ortho nitro benzene ring substituents is 1. The van der Waals surface area contributed by atoms with Crippen LogP contribution in [0.1, 0.15) is 16.7 Å². The van der Waals surface area contributed by atoms with Crippen LogP contribution < -0.4 is 10.7 Å². The Kier molecular flexibility index (Phi) is 5.62. The molecule has 7 heteroatoms. The zero-order valence-electron chi connectivity index (χ0n) is 13.4. The number of nitrogens with one attached hydrogen (secondary N) is 2. The lowest BCUT2D eigenvalue weighted by Gasteiger charge is -2.07. The van der Waals surface area contributed by atoms with Crippen LogP contribution in [0.2, 0.25) is 0 Å². The molecular formula is C17H18N4O3. The second-order valence-electron chi connectivity index (χ2n) is 5.29. The molecular weight excluding hydrogens is 308 g/mol. The van der Waals surface area contributed by atoms with E-state index in [9.17, 15) is 14.9 Å². The summed E-state index contributed by atoms with van der Waals surface area (Å²) in [6, 6.07) is 11.7. The summed E-state index contributed by atoms with van der Waals surface area (Å²) < 4.78 is 0. The lowest BCUT2D eigenvalue weighted by Crippen LogP contribution is -2.25. The second kappa shape index (κ2) is 7.87. The number of carbonyl (C=O) groups excluding carboxylic acids is 1. The predicted octanol–water partition coefficient (Wildman–Crippen LogP) is 2.77. The lowest BCUT2D eigenvalue weighted by atomic mass is 10.1. The van der Waals surface area contributed by atoms with Gasteiger partial charge in [0.05, 0.1) is 17.7 Å². The summed E-state index contributed by atoms with van der Waals surface area (Å²) in [6.45, 7) is 4.13. The molecule has 1 amide bonds. The van der Waals surface area contributed by atoms with Crippen molar-refractivity contribution in [2.45, 2.75) is 13.8 Å². The van der Waals surface area contributed by atoms with Crippen LogP contribution in [-0.2, 0) is 4.79 Å². The monoisotopic (exact) mass is 326 g/mol. The highest BCUT2D eigenvalue weighted by Crippen LogP contribution is 2.13. The fourth-order valence-corrected chi connectivity index (χ4v) is 1.93. The third-order valence-electron chi connectivity index (χ3n) is 3.47. The zero-order valence-corrected chi connectivity index (χ0v) is 13.4. The van der Waals surface area contributed by atoms with Gasteiger partial charge in [0, 0.05) is 17.8 Å². The number of nitro groups is 1. The third-order valence-corrected chi connectivity index (χ3v) is 3.47. The van der Waals surface area contributed by atoms with Crippen molar-refractivity contribution < 1.29 is 9.72 Å². The van der Waals surface area contributed by atoms with Crippen molar-refractivity contribution in [3.05, 3.63) is 69.3 Å². The molecule has 0 aromatic heterocycles. The van der Waals surface area contributed by atoms with E-state index in [1.165, 1.54) is 23.9 Å². The van der Waals surface area contributed by atoms with Gasteiger partial charge >= 0.3 is 0 Å². The molecule has 2 aromatic carbocycles. The molecule has 2 N–H and O–H groups in total. The maximum atomic E-state index is 11.7. The van der Waals surface area contributed by atoms with Crippen molar-refractivity contribution >= 4 is 23.5 Å². The van der Waals surface area contributed by atoms with Gasteiger partial charge in [0.15, 0.2) is 0 Å². The first kappa shape index (κ1) is 17.1. The molecule has 0 aliphatic rings. The standard InChI is InChI=1S/C17H18N4O3/c1-12-3-6-15(9-13(12)2)18-11-17(22)20-19-10-14-4-7-16(8-5-14)21(23)24/h3-10,18H,11H2,1-2H3,(H,20,22)/b19-10+. The molecule has 0 aliphatic heterocycles. The van der Waals surface area contributed by atoms with Crippen LogP contribution in [0.25, 0.3) is 0 Å². The largest absolute Gasteiger partial charge is 0.376 e. The van der Waals surface area contributed by atoms with Gasteiger partial charge in [0.1, 0.15) is 0 Å². The van der Waals surface area contributed by atoms with Crippen LogP contribution in [0.15, 0.2) is 47.6 Å². The summed E-state index contributed by atoms with van der Waals surface area (Å²) >= 11 is 0. The molecule has 124 valence electrons. The fraction of sp³-hybridized carbons (Fsp3) is 0.176. The molecule has 0 fully saturated rings. The van der Waals surface area contributed by atoms with Crippen molar-refractivity contribution in [3.63, 3.8) is 0 Å². The van der Waals surface area contributed by atoms with Crippen LogP contribution in [0, 0.1) is 24.0 Å². The summed E-state index contributed by atoms with van der Waals surface area (Å²) in [4.78, 5) is 21.8. The van der Waals surface area contributed by atoms with E-state index in [4.69, 9.17) is 0 Å². The Morgan fingerprint density at radius 2 is 1.88 bits per heavy atom. The van der Waals surface area contributed by atoms with Crippen LogP contribution in [-0.4, -0.2) is 23.6 Å². The topological polar surface area (TPSA) is 96.6 Å². The van der Waals surface area contributed by atoms with Gasteiger partial charge in [-0.2, -0.15) is 5.10 Å². The van der Waals surface area contributed by atoms with E-state index in [2.05, 4.69) is 15.8 Å². The van der Waals surface area contributed by atoms with Crippen molar-refractivity contribution in [2.75, 3.05) is 11.9 Å². The highest BCUT2D eigenvalue weighted by atomic mass is 16.6. The summed E-state index contributed by atoms with van der Waals surface area (Å²) in [7, 11) is 0. The fourth-order valence-electron chi connectivity index (χ4n) is 1.93. The minimum Gasteiger partial charge on any atom is -0.376 e. The minimum absolute atomic E-state index is 0.00813. The average Bonchev–Trinajstić information content (AvgIpc) is 2.56. The summed E-state index contributed by atoms with van der Waals surface area (Å²) in [5.74, 6) is -0.286. The molecule has 2 aromatic rings. The number of anilines is 1. The number of rotatable bonds is 6. The molecule has 0 saturated heterocycles. The Balaban J connectivity index is 1.81. The first-order valence-corrected chi connectivity index (χ1v) is 7.33. The van der Waals surface area contributed by atoms with Crippen LogP contribution in [0.5, 0.6) is 0 Å². The van der Waals surface area contributed by atoms with Crippen LogP contribution >= 0.6 is 0 Å². The van der Waals surface area contributed by atoms with Gasteiger partial charge in [-0.15, -0.1) is 0 Å². The third kappa shape index (κ3) is 4.91. The van der Waals surface area contributed by atoms with E-state index in [-0.39, 0.29) is 18.1 Å². The maximum absolute atomic E-state index is 11.7. The summed E-state index contributed by atoms with van der Waals surface area (Å²) in [5, 5.41) is 17.4. The Bertz CT molecular complexity index is 770. The molecule has 0 bridgehead atoms. The number of amides is 1. The Hall–Kier alpha value is -3.22. The summed E-state index contributed by atoms with van der Waals surface area (Å²) in [6.07, 6.45) is 1.43. The van der Waals surface area contributed by atoms with E-state index in [0.717, 1.165) is 11.3 Å². The number of benzene rings is 2. The Labute approximate surface area is 139 Å². The molecule has 0 heterocycles. The van der Waals surface area contributed by atoms with Gasteiger partial charge in [0.25, 0.3) is 11.6 Å². The molecule has 24 heavy (non-hydrogen) atoms. The van der Waals surface area contributed by atoms with Crippen molar-refractivity contribution in [1.82, 2.24) is 5.43 Å². The molecule has 2 rings (SSSR count). The van der Waals surface area contributed by atoms with E-state index in [0.29, 0.717) is 5.56 Å². The Morgan fingerprint density at radius 1 is 1.17 bits per heavy atom. The van der Waals surface area contributed by atoms with Gasteiger partial charge in [0.2, 0.25) is 0 Å². The molecule has 0 radical (unpaired) electrons. The van der Waals surface area contributed by atoms with Gasteiger partial charge in [-0.05, 0) is 54.8 Å². The van der Waals surface area contributed by atoms with E-state index in [1.807, 2.05) is 32.0 Å². The molecule has 0 atom stereocenters. The van der Waals surface area contributed by atoms with E-state index in [1.54, 1.807) is 12.1 Å². The summed E-state index contributed by atoms with van der Waals surface area (Å²) in [5.41, 5.74) is 6.27. The van der Waals surface area contributed by atoms with Gasteiger partial charge < -0.3 is 5.32 Å². The predicted molar refractivity (Wildman–Crippen MR) is 93.2 cm³/mol. The zero-order chi connectivity index (χ0) is 17.5. The molecule has 0 unspecified atom stereocenters. The lowest BCUT2D eigenvalue weighted by molar-refractivity contribution is -0.384. The quantitative estimate of drug-likeness (QED) is 0.484. The van der Waals surface area contributed by atoms with Crippen molar-refractivity contribution in [1.29, 1.82) is 0 Å². The molecule has 7 nitrogen and oxygen atoms in total. The number of hydrogen-bond donors (Lipinski definition) is 2. The number of aryl methyl sites for hydroxylation is 2. The van der Waals surface area contributed by atoms with Crippen LogP contribution in [0.3, 0.4) is 0 Å².